The van der Waals surface area contributed by atoms with Crippen molar-refractivity contribution in [3.8, 4) is 11.5 Å². The average Bonchev–Trinajstić information content (AvgIpc) is 2.58. The van der Waals surface area contributed by atoms with Crippen molar-refractivity contribution in [3.05, 3.63) is 60.2 Å². The van der Waals surface area contributed by atoms with Gasteiger partial charge in [0.25, 0.3) is 5.91 Å². The summed E-state index contributed by atoms with van der Waals surface area (Å²) >= 11 is 0. The van der Waals surface area contributed by atoms with E-state index in [1.807, 2.05) is 55.5 Å². The smallest absolute Gasteiger partial charge is 0.258 e. The zero-order chi connectivity index (χ0) is 15.6. The molecule has 0 atom stereocenters. The van der Waals surface area contributed by atoms with Gasteiger partial charge in [0.2, 0.25) is 0 Å². The summed E-state index contributed by atoms with van der Waals surface area (Å²) in [5.41, 5.74) is 1.06. The number of nitrogens with one attached hydrogen (secondary N) is 1. The second-order valence-corrected chi connectivity index (χ2v) is 4.85. The van der Waals surface area contributed by atoms with Crippen LogP contribution in [0.2, 0.25) is 0 Å². The quantitative estimate of drug-likeness (QED) is 0.814. The molecule has 22 heavy (non-hydrogen) atoms. The molecule has 0 radical (unpaired) electrons. The minimum atomic E-state index is -0.158. The van der Waals surface area contributed by atoms with Gasteiger partial charge in [-0.25, -0.2) is 0 Å². The summed E-state index contributed by atoms with van der Waals surface area (Å²) in [6, 6.07) is 17.1. The fourth-order valence-electron chi connectivity index (χ4n) is 1.89. The molecule has 2 aromatic carbocycles. The molecule has 1 amide bonds. The molecule has 0 aliphatic carbocycles. The van der Waals surface area contributed by atoms with Crippen molar-refractivity contribution in [1.29, 1.82) is 0 Å². The van der Waals surface area contributed by atoms with Gasteiger partial charge in [-0.05, 0) is 24.1 Å². The van der Waals surface area contributed by atoms with Gasteiger partial charge in [-0.15, -0.1) is 0 Å². The lowest BCUT2D eigenvalue weighted by atomic mass is 10.2. The highest BCUT2D eigenvalue weighted by Crippen LogP contribution is 2.26. The van der Waals surface area contributed by atoms with Crippen molar-refractivity contribution in [1.82, 2.24) is 5.32 Å². The SMILES string of the molecule is CCCOc1ccccc1OCC(=O)NCc1ccccc1. The molecule has 2 rings (SSSR count). The summed E-state index contributed by atoms with van der Waals surface area (Å²) in [5.74, 6) is 1.10. The Balaban J connectivity index is 1.81. The summed E-state index contributed by atoms with van der Waals surface area (Å²) in [4.78, 5) is 11.8. The molecule has 0 aromatic heterocycles. The van der Waals surface area contributed by atoms with Crippen LogP contribution in [0.3, 0.4) is 0 Å². The van der Waals surface area contributed by atoms with E-state index in [1.54, 1.807) is 6.07 Å². The van der Waals surface area contributed by atoms with E-state index in [9.17, 15) is 4.79 Å². The fraction of sp³-hybridized carbons (Fsp3) is 0.278. The third-order valence-corrected chi connectivity index (χ3v) is 3.00. The predicted octanol–water partition coefficient (Wildman–Crippen LogP) is 3.17. The number of hydrogen-bond acceptors (Lipinski definition) is 3. The van der Waals surface area contributed by atoms with Gasteiger partial charge in [0, 0.05) is 6.54 Å². The monoisotopic (exact) mass is 299 g/mol. The number of amides is 1. The van der Waals surface area contributed by atoms with Gasteiger partial charge < -0.3 is 14.8 Å². The number of rotatable bonds is 8. The van der Waals surface area contributed by atoms with Crippen molar-refractivity contribution in [2.75, 3.05) is 13.2 Å². The van der Waals surface area contributed by atoms with Gasteiger partial charge in [-0.2, -0.15) is 0 Å². The van der Waals surface area contributed by atoms with E-state index >= 15 is 0 Å². The molecule has 2 aromatic rings. The lowest BCUT2D eigenvalue weighted by Crippen LogP contribution is -2.28. The van der Waals surface area contributed by atoms with Crippen LogP contribution in [0.15, 0.2) is 54.6 Å². The normalized spacial score (nSPS) is 10.0. The minimum Gasteiger partial charge on any atom is -0.490 e. The zero-order valence-corrected chi connectivity index (χ0v) is 12.7. The third kappa shape index (κ3) is 5.13. The highest BCUT2D eigenvalue weighted by atomic mass is 16.5. The number of carbonyl (C=O) groups excluding carboxylic acids is 1. The first-order valence-corrected chi connectivity index (χ1v) is 7.45. The highest BCUT2D eigenvalue weighted by Gasteiger charge is 2.07. The Kier molecular flexibility index (Phi) is 6.30. The van der Waals surface area contributed by atoms with Gasteiger partial charge in [0.15, 0.2) is 18.1 Å². The first-order valence-electron chi connectivity index (χ1n) is 7.45. The summed E-state index contributed by atoms with van der Waals surface area (Å²) in [5, 5.41) is 2.83. The molecule has 0 saturated heterocycles. The fourth-order valence-corrected chi connectivity index (χ4v) is 1.89. The standard InChI is InChI=1S/C18H21NO3/c1-2-12-21-16-10-6-7-11-17(16)22-14-18(20)19-13-15-8-4-3-5-9-15/h3-11H,2,12-14H2,1H3,(H,19,20). The van der Waals surface area contributed by atoms with Crippen LogP contribution in [0.5, 0.6) is 11.5 Å². The molecule has 0 aliphatic heterocycles. The maximum absolute atomic E-state index is 11.8. The molecule has 0 heterocycles. The van der Waals surface area contributed by atoms with Gasteiger partial charge in [-0.1, -0.05) is 49.4 Å². The van der Waals surface area contributed by atoms with Crippen LogP contribution in [-0.4, -0.2) is 19.1 Å². The topological polar surface area (TPSA) is 47.6 Å². The second kappa shape index (κ2) is 8.72. The largest absolute Gasteiger partial charge is 0.490 e. The van der Waals surface area contributed by atoms with Crippen molar-refractivity contribution < 1.29 is 14.3 Å². The summed E-state index contributed by atoms with van der Waals surface area (Å²) in [6.45, 7) is 3.14. The molecule has 116 valence electrons. The van der Waals surface area contributed by atoms with Crippen LogP contribution in [0.25, 0.3) is 0 Å². The highest BCUT2D eigenvalue weighted by molar-refractivity contribution is 5.77. The number of benzene rings is 2. The van der Waals surface area contributed by atoms with Gasteiger partial charge in [0.1, 0.15) is 0 Å². The maximum Gasteiger partial charge on any atom is 0.258 e. The van der Waals surface area contributed by atoms with E-state index in [1.165, 1.54) is 0 Å². The second-order valence-electron chi connectivity index (χ2n) is 4.85. The van der Waals surface area contributed by atoms with Crippen molar-refractivity contribution in [3.63, 3.8) is 0 Å². The molecule has 0 spiro atoms. The Labute approximate surface area is 131 Å². The van der Waals surface area contributed by atoms with Gasteiger partial charge in [0.05, 0.1) is 6.61 Å². The first-order chi connectivity index (χ1) is 10.8. The molecule has 4 nitrogen and oxygen atoms in total. The molecule has 0 unspecified atom stereocenters. The third-order valence-electron chi connectivity index (χ3n) is 3.00. The Morgan fingerprint density at radius 1 is 0.955 bits per heavy atom. The maximum atomic E-state index is 11.8. The van der Waals surface area contributed by atoms with Crippen LogP contribution >= 0.6 is 0 Å². The van der Waals surface area contributed by atoms with E-state index in [4.69, 9.17) is 9.47 Å². The van der Waals surface area contributed by atoms with Gasteiger partial charge in [-0.3, -0.25) is 4.79 Å². The van der Waals surface area contributed by atoms with Crippen LogP contribution in [0.1, 0.15) is 18.9 Å². The molecule has 4 heteroatoms. The minimum absolute atomic E-state index is 0.0284. The zero-order valence-electron chi connectivity index (χ0n) is 12.7. The molecule has 0 aliphatic rings. The Morgan fingerprint density at radius 3 is 2.27 bits per heavy atom. The summed E-state index contributed by atoms with van der Waals surface area (Å²) in [7, 11) is 0. The van der Waals surface area contributed by atoms with Gasteiger partial charge >= 0.3 is 0 Å². The van der Waals surface area contributed by atoms with E-state index in [-0.39, 0.29) is 12.5 Å². The van der Waals surface area contributed by atoms with E-state index in [2.05, 4.69) is 5.32 Å². The Morgan fingerprint density at radius 2 is 1.59 bits per heavy atom. The predicted molar refractivity (Wildman–Crippen MR) is 86.0 cm³/mol. The van der Waals surface area contributed by atoms with Crippen LogP contribution in [-0.2, 0) is 11.3 Å². The molecule has 1 N–H and O–H groups in total. The number of carbonyl (C=O) groups is 1. The molecular weight excluding hydrogens is 278 g/mol. The van der Waals surface area contributed by atoms with E-state index in [0.717, 1.165) is 12.0 Å². The molecule has 0 saturated carbocycles. The Bertz CT molecular complexity index is 584. The van der Waals surface area contributed by atoms with Crippen LogP contribution in [0.4, 0.5) is 0 Å². The number of para-hydroxylation sites is 2. The van der Waals surface area contributed by atoms with Crippen molar-refractivity contribution in [2.45, 2.75) is 19.9 Å². The van der Waals surface area contributed by atoms with Crippen LogP contribution < -0.4 is 14.8 Å². The van der Waals surface area contributed by atoms with E-state index in [0.29, 0.717) is 24.7 Å². The molecule has 0 bridgehead atoms. The lowest BCUT2D eigenvalue weighted by Gasteiger charge is -2.12. The van der Waals surface area contributed by atoms with Crippen molar-refractivity contribution >= 4 is 5.91 Å². The number of ether oxygens (including phenoxy) is 2. The average molecular weight is 299 g/mol. The molecule has 0 fully saturated rings. The number of hydrogen-bond donors (Lipinski definition) is 1. The van der Waals surface area contributed by atoms with Crippen molar-refractivity contribution in [2.24, 2.45) is 0 Å². The summed E-state index contributed by atoms with van der Waals surface area (Å²) < 4.78 is 11.1. The van der Waals surface area contributed by atoms with E-state index < -0.39 is 0 Å². The summed E-state index contributed by atoms with van der Waals surface area (Å²) in [6.07, 6.45) is 0.923. The van der Waals surface area contributed by atoms with Crippen LogP contribution in [0, 0.1) is 0 Å². The Hall–Kier alpha value is -2.49. The first kappa shape index (κ1) is 15.9. The molecular formula is C18H21NO3. The lowest BCUT2D eigenvalue weighted by molar-refractivity contribution is -0.123.